The summed E-state index contributed by atoms with van der Waals surface area (Å²) in [6.07, 6.45) is 0. The Hall–Kier alpha value is -2.13. The van der Waals surface area contributed by atoms with Gasteiger partial charge in [0.2, 0.25) is 0 Å². The molecule has 0 heterocycles. The molecule has 0 fully saturated rings. The van der Waals surface area contributed by atoms with Gasteiger partial charge in [-0.1, -0.05) is 0 Å². The first-order chi connectivity index (χ1) is 10.8. The summed E-state index contributed by atoms with van der Waals surface area (Å²) in [6, 6.07) is 30.9. The van der Waals surface area contributed by atoms with Crippen LogP contribution in [0.25, 0.3) is 0 Å². The molecule has 1 nitrogen and oxygen atoms in total. The van der Waals surface area contributed by atoms with Crippen molar-refractivity contribution in [1.82, 2.24) is 0 Å². The Balaban J connectivity index is 2.37. The molecule has 0 aliphatic carbocycles. The van der Waals surface area contributed by atoms with Crippen LogP contribution >= 0.6 is 0 Å². The van der Waals surface area contributed by atoms with Gasteiger partial charge in [-0.05, 0) is 0 Å². The second kappa shape index (κ2) is 6.33. The van der Waals surface area contributed by atoms with Crippen molar-refractivity contribution in [2.24, 2.45) is 0 Å². The molecular weight excluding hydrogens is 329 g/mol. The monoisotopic (exact) mass is 348 g/mol. The molecule has 0 radical (unpaired) electrons. The predicted octanol–water partition coefficient (Wildman–Crippen LogP) is 2.29. The van der Waals surface area contributed by atoms with E-state index >= 15 is 0 Å². The summed E-state index contributed by atoms with van der Waals surface area (Å²) in [7, 11) is 0. The van der Waals surface area contributed by atoms with E-state index in [0.717, 1.165) is 0 Å². The number of hydrogen-bond acceptors (Lipinski definition) is 1. The Morgan fingerprint density at radius 1 is 0.591 bits per heavy atom. The molecular formula is C20H18GeO. The zero-order valence-corrected chi connectivity index (χ0v) is 14.7. The van der Waals surface area contributed by atoms with Gasteiger partial charge < -0.3 is 0 Å². The number of rotatable bonds is 4. The van der Waals surface area contributed by atoms with E-state index in [1.54, 1.807) is 6.92 Å². The van der Waals surface area contributed by atoms with E-state index in [-0.39, 0.29) is 0 Å². The molecule has 3 aromatic rings. The third-order valence-corrected chi connectivity index (χ3v) is 13.9. The summed E-state index contributed by atoms with van der Waals surface area (Å²) in [4.78, 5) is 13.0. The van der Waals surface area contributed by atoms with Crippen LogP contribution < -0.4 is 13.2 Å². The van der Waals surface area contributed by atoms with Gasteiger partial charge in [-0.3, -0.25) is 0 Å². The van der Waals surface area contributed by atoms with Crippen LogP contribution in [0.3, 0.4) is 0 Å². The van der Waals surface area contributed by atoms with Crippen LogP contribution in [0, 0.1) is 0 Å². The van der Waals surface area contributed by atoms with Gasteiger partial charge in [0, 0.05) is 0 Å². The van der Waals surface area contributed by atoms with Crippen LogP contribution in [0.1, 0.15) is 6.92 Å². The summed E-state index contributed by atoms with van der Waals surface area (Å²) in [6.45, 7) is 1.76. The van der Waals surface area contributed by atoms with Gasteiger partial charge in [0.1, 0.15) is 0 Å². The van der Waals surface area contributed by atoms with Gasteiger partial charge >= 0.3 is 134 Å². The van der Waals surface area contributed by atoms with E-state index in [9.17, 15) is 4.79 Å². The van der Waals surface area contributed by atoms with Crippen molar-refractivity contribution in [3.8, 4) is 0 Å². The number of benzene rings is 3. The topological polar surface area (TPSA) is 17.1 Å². The predicted molar refractivity (Wildman–Crippen MR) is 94.7 cm³/mol. The Morgan fingerprint density at radius 2 is 0.864 bits per heavy atom. The van der Waals surface area contributed by atoms with Gasteiger partial charge in [0.25, 0.3) is 0 Å². The number of carbonyl (C=O) groups excluding carboxylic acids is 1. The Kier molecular flexibility index (Phi) is 4.25. The molecule has 0 saturated heterocycles. The molecule has 22 heavy (non-hydrogen) atoms. The first-order valence-electron chi connectivity index (χ1n) is 7.44. The van der Waals surface area contributed by atoms with E-state index in [1.807, 2.05) is 54.6 Å². The van der Waals surface area contributed by atoms with Gasteiger partial charge in [-0.15, -0.1) is 0 Å². The molecule has 0 unspecified atom stereocenters. The van der Waals surface area contributed by atoms with Crippen LogP contribution in [-0.2, 0) is 4.79 Å². The van der Waals surface area contributed by atoms with Crippen LogP contribution in [0.5, 0.6) is 0 Å². The SMILES string of the molecule is C[C](=O)[Ge]([c]1ccccc1)([c]1ccccc1)[c]1ccccc1. The Labute approximate surface area is 134 Å². The molecule has 0 aliphatic rings. The van der Waals surface area contributed by atoms with Gasteiger partial charge in [-0.25, -0.2) is 0 Å². The van der Waals surface area contributed by atoms with Crippen molar-refractivity contribution in [1.29, 1.82) is 0 Å². The number of hydrogen-bond donors (Lipinski definition) is 0. The minimum absolute atomic E-state index is 0.309. The fraction of sp³-hybridized carbons (Fsp3) is 0.0500. The summed E-state index contributed by atoms with van der Waals surface area (Å²) in [5.41, 5.74) is 0. The van der Waals surface area contributed by atoms with Gasteiger partial charge in [-0.2, -0.15) is 0 Å². The maximum atomic E-state index is 13.0. The third-order valence-electron chi connectivity index (χ3n) is 4.15. The van der Waals surface area contributed by atoms with E-state index < -0.39 is 13.3 Å². The summed E-state index contributed by atoms with van der Waals surface area (Å²) in [5.74, 6) is 0. The average Bonchev–Trinajstić information content (AvgIpc) is 2.58. The van der Waals surface area contributed by atoms with Crippen molar-refractivity contribution in [2.75, 3.05) is 0 Å². The van der Waals surface area contributed by atoms with Crippen molar-refractivity contribution >= 4 is 31.1 Å². The first kappa shape index (κ1) is 14.8. The normalized spacial score (nSPS) is 11.1. The standard InChI is InChI=1S/C20H18GeO/c1-17(22)21(18-11-5-2-6-12-18,19-13-7-3-8-14-19)20-15-9-4-10-16-20/h2-16H,1H3. The van der Waals surface area contributed by atoms with E-state index in [2.05, 4.69) is 36.4 Å². The molecule has 108 valence electrons. The van der Waals surface area contributed by atoms with E-state index in [0.29, 0.717) is 4.62 Å². The van der Waals surface area contributed by atoms with Crippen molar-refractivity contribution < 1.29 is 4.79 Å². The quantitative estimate of drug-likeness (QED) is 0.662. The van der Waals surface area contributed by atoms with Crippen LogP contribution in [0.2, 0.25) is 0 Å². The second-order valence-corrected chi connectivity index (χ2v) is 13.7. The van der Waals surface area contributed by atoms with E-state index in [1.165, 1.54) is 13.2 Å². The minimum atomic E-state index is -3.30. The third kappa shape index (κ3) is 2.42. The van der Waals surface area contributed by atoms with Crippen LogP contribution in [0.15, 0.2) is 91.0 Å². The molecule has 0 atom stereocenters. The molecule has 0 N–H and O–H groups in total. The Morgan fingerprint density at radius 3 is 1.09 bits per heavy atom. The Bertz CT molecular complexity index is 655. The van der Waals surface area contributed by atoms with Crippen LogP contribution in [0.4, 0.5) is 0 Å². The maximum absolute atomic E-state index is 13.0. The van der Waals surface area contributed by atoms with Crippen molar-refractivity contribution in [3.05, 3.63) is 91.0 Å². The summed E-state index contributed by atoms with van der Waals surface area (Å²) in [5, 5.41) is 0. The molecule has 0 bridgehead atoms. The second-order valence-electron chi connectivity index (χ2n) is 5.40. The fourth-order valence-electron chi connectivity index (χ4n) is 3.17. The van der Waals surface area contributed by atoms with Crippen LogP contribution in [-0.4, -0.2) is 17.9 Å². The van der Waals surface area contributed by atoms with E-state index in [4.69, 9.17) is 0 Å². The summed E-state index contributed by atoms with van der Waals surface area (Å²) >= 11 is -3.30. The molecule has 0 aliphatic heterocycles. The van der Waals surface area contributed by atoms with Gasteiger partial charge in [0.15, 0.2) is 0 Å². The summed E-state index contributed by atoms with van der Waals surface area (Å²) < 4.78 is 3.87. The van der Waals surface area contributed by atoms with Crippen molar-refractivity contribution in [3.63, 3.8) is 0 Å². The zero-order chi connectivity index (χ0) is 15.4. The zero-order valence-electron chi connectivity index (χ0n) is 12.6. The molecule has 0 amide bonds. The van der Waals surface area contributed by atoms with Gasteiger partial charge in [0.05, 0.1) is 0 Å². The molecule has 3 aromatic carbocycles. The molecule has 3 rings (SSSR count). The molecule has 0 aromatic heterocycles. The molecule has 0 spiro atoms. The van der Waals surface area contributed by atoms with Crippen molar-refractivity contribution in [2.45, 2.75) is 6.92 Å². The number of carbonyl (C=O) groups is 1. The molecule has 2 heteroatoms. The average molecular weight is 347 g/mol. The molecule has 0 saturated carbocycles. The first-order valence-corrected chi connectivity index (χ1v) is 11.6. The fourth-order valence-corrected chi connectivity index (χ4v) is 12.2.